The third-order valence-electron chi connectivity index (χ3n) is 5.09. The molecule has 0 aliphatic carbocycles. The zero-order valence-electron chi connectivity index (χ0n) is 15.1. The number of aromatic amines is 1. The molecule has 1 saturated heterocycles. The Kier molecular flexibility index (Phi) is 5.02. The van der Waals surface area contributed by atoms with E-state index in [0.29, 0.717) is 23.1 Å². The predicted molar refractivity (Wildman–Crippen MR) is 109 cm³/mol. The van der Waals surface area contributed by atoms with Gasteiger partial charge in [-0.1, -0.05) is 18.2 Å². The summed E-state index contributed by atoms with van der Waals surface area (Å²) in [5.74, 6) is 0.864. The number of halogens is 1. The Morgan fingerprint density at radius 1 is 1.14 bits per heavy atom. The van der Waals surface area contributed by atoms with Gasteiger partial charge in [0.2, 0.25) is 5.89 Å². The van der Waals surface area contributed by atoms with Crippen LogP contribution in [0.25, 0.3) is 28.4 Å². The molecule has 5 rings (SSSR count). The average Bonchev–Trinajstić information content (AvgIpc) is 3.35. The summed E-state index contributed by atoms with van der Waals surface area (Å²) >= 11 is 0. The number of H-pyrrole nitrogens is 1. The van der Waals surface area contributed by atoms with Crippen molar-refractivity contribution in [3.63, 3.8) is 0 Å². The van der Waals surface area contributed by atoms with Crippen LogP contribution < -0.4 is 10.9 Å². The summed E-state index contributed by atoms with van der Waals surface area (Å²) < 4.78 is 7.49. The normalized spacial score (nSPS) is 14.9. The number of nitrogens with one attached hydrogen (secondary N) is 2. The Labute approximate surface area is 167 Å². The summed E-state index contributed by atoms with van der Waals surface area (Å²) in [5.41, 5.74) is 3.81. The molecule has 0 atom stereocenters. The molecule has 8 heteroatoms. The molecule has 4 heterocycles. The molecule has 4 aromatic rings. The smallest absolute Gasteiger partial charge is 0.251 e. The molecule has 2 N–H and O–H groups in total. The monoisotopic (exact) mass is 397 g/mol. The second-order valence-corrected chi connectivity index (χ2v) is 6.81. The number of oxazole rings is 1. The highest BCUT2D eigenvalue weighted by Crippen LogP contribution is 2.29. The Bertz CT molecular complexity index is 1140. The fraction of sp³-hybridized carbons (Fsp3) is 0.250. The van der Waals surface area contributed by atoms with E-state index < -0.39 is 0 Å². The number of hydrogen-bond donors (Lipinski definition) is 2. The molecule has 0 spiro atoms. The van der Waals surface area contributed by atoms with Gasteiger partial charge >= 0.3 is 0 Å². The Balaban J connectivity index is 0.00000192. The van der Waals surface area contributed by atoms with Gasteiger partial charge in [0.15, 0.2) is 0 Å². The van der Waals surface area contributed by atoms with Gasteiger partial charge in [0.1, 0.15) is 17.6 Å². The van der Waals surface area contributed by atoms with E-state index in [1.54, 1.807) is 18.5 Å². The van der Waals surface area contributed by atoms with Crippen molar-refractivity contribution >= 4 is 18.1 Å². The van der Waals surface area contributed by atoms with Crippen LogP contribution in [-0.4, -0.2) is 32.7 Å². The maximum absolute atomic E-state index is 12.3. The molecule has 0 unspecified atom stereocenters. The average molecular weight is 398 g/mol. The molecule has 0 saturated carbocycles. The van der Waals surface area contributed by atoms with E-state index in [9.17, 15) is 4.79 Å². The summed E-state index contributed by atoms with van der Waals surface area (Å²) in [6.07, 6.45) is 5.34. The standard InChI is InChI=1S/C20H19N5O2.ClH/c26-18-10-17(13-6-8-21-9-7-13)25-19(24-18)15(11-22-25)16-12-27-20(23-16)14-4-2-1-3-5-14;/h1-5,10-13,21H,6-9H2,(H,24,26);1H. The van der Waals surface area contributed by atoms with E-state index in [1.165, 1.54) is 0 Å². The van der Waals surface area contributed by atoms with Gasteiger partial charge in [-0.25, -0.2) is 9.50 Å². The number of benzene rings is 1. The van der Waals surface area contributed by atoms with E-state index in [0.717, 1.165) is 42.8 Å². The quantitative estimate of drug-likeness (QED) is 0.554. The highest BCUT2D eigenvalue weighted by atomic mass is 35.5. The van der Waals surface area contributed by atoms with Crippen molar-refractivity contribution in [2.75, 3.05) is 13.1 Å². The highest BCUT2D eigenvalue weighted by molar-refractivity contribution is 5.85. The first-order valence-corrected chi connectivity index (χ1v) is 9.12. The van der Waals surface area contributed by atoms with Crippen molar-refractivity contribution < 1.29 is 4.42 Å². The van der Waals surface area contributed by atoms with Gasteiger partial charge in [-0.2, -0.15) is 5.10 Å². The van der Waals surface area contributed by atoms with Crippen molar-refractivity contribution in [1.82, 2.24) is 24.9 Å². The number of piperidine rings is 1. The lowest BCUT2D eigenvalue weighted by Gasteiger charge is -2.23. The van der Waals surface area contributed by atoms with Gasteiger partial charge < -0.3 is 14.7 Å². The summed E-state index contributed by atoms with van der Waals surface area (Å²) in [4.78, 5) is 19.8. The first kappa shape index (κ1) is 18.5. The maximum Gasteiger partial charge on any atom is 0.251 e. The van der Waals surface area contributed by atoms with Gasteiger partial charge in [0.05, 0.1) is 17.5 Å². The van der Waals surface area contributed by atoms with Crippen LogP contribution in [0, 0.1) is 0 Å². The van der Waals surface area contributed by atoms with Crippen LogP contribution in [0.4, 0.5) is 0 Å². The lowest BCUT2D eigenvalue weighted by atomic mass is 9.94. The largest absolute Gasteiger partial charge is 0.444 e. The van der Waals surface area contributed by atoms with Crippen LogP contribution in [0.15, 0.2) is 58.1 Å². The first-order chi connectivity index (χ1) is 13.3. The van der Waals surface area contributed by atoms with Crippen LogP contribution in [0.2, 0.25) is 0 Å². The minimum atomic E-state index is -0.121. The third-order valence-corrected chi connectivity index (χ3v) is 5.09. The van der Waals surface area contributed by atoms with Gasteiger partial charge in [-0.05, 0) is 38.1 Å². The molecule has 28 heavy (non-hydrogen) atoms. The molecule has 1 aliphatic heterocycles. The van der Waals surface area contributed by atoms with Crippen LogP contribution >= 0.6 is 12.4 Å². The molecule has 1 aromatic carbocycles. The molecule has 7 nitrogen and oxygen atoms in total. The Morgan fingerprint density at radius 3 is 2.71 bits per heavy atom. The van der Waals surface area contributed by atoms with Crippen molar-refractivity contribution in [2.45, 2.75) is 18.8 Å². The zero-order chi connectivity index (χ0) is 18.2. The second-order valence-electron chi connectivity index (χ2n) is 6.81. The van der Waals surface area contributed by atoms with Crippen molar-refractivity contribution in [3.05, 3.63) is 64.9 Å². The predicted octanol–water partition coefficient (Wildman–Crippen LogP) is 3.23. The van der Waals surface area contributed by atoms with E-state index in [1.807, 2.05) is 34.8 Å². The molecule has 0 bridgehead atoms. The molecule has 1 fully saturated rings. The van der Waals surface area contributed by atoms with Crippen molar-refractivity contribution in [2.24, 2.45) is 0 Å². The SMILES string of the molecule is Cl.O=c1cc(C2CCNCC2)n2ncc(-c3coc(-c4ccccc4)n3)c2[nH]1. The van der Waals surface area contributed by atoms with E-state index >= 15 is 0 Å². The summed E-state index contributed by atoms with van der Waals surface area (Å²) in [6.45, 7) is 1.91. The topological polar surface area (TPSA) is 88.2 Å². The molecular formula is C20H20ClN5O2. The molecule has 0 radical (unpaired) electrons. The highest BCUT2D eigenvalue weighted by Gasteiger charge is 2.21. The molecule has 3 aromatic heterocycles. The Hall–Kier alpha value is -2.90. The van der Waals surface area contributed by atoms with E-state index in [4.69, 9.17) is 4.42 Å². The molecular weight excluding hydrogens is 378 g/mol. The number of nitrogens with zero attached hydrogens (tertiary/aromatic N) is 3. The summed E-state index contributed by atoms with van der Waals surface area (Å²) in [5, 5.41) is 7.90. The number of aromatic nitrogens is 4. The minimum Gasteiger partial charge on any atom is -0.444 e. The summed E-state index contributed by atoms with van der Waals surface area (Å²) in [7, 11) is 0. The van der Waals surface area contributed by atoms with Gasteiger partial charge in [0.25, 0.3) is 5.56 Å². The van der Waals surface area contributed by atoms with Crippen molar-refractivity contribution in [1.29, 1.82) is 0 Å². The Morgan fingerprint density at radius 2 is 1.93 bits per heavy atom. The van der Waals surface area contributed by atoms with Gasteiger partial charge in [-0.3, -0.25) is 4.79 Å². The van der Waals surface area contributed by atoms with Gasteiger partial charge in [0, 0.05) is 17.5 Å². The fourth-order valence-corrected chi connectivity index (χ4v) is 3.72. The second kappa shape index (κ2) is 7.61. The van der Waals surface area contributed by atoms with E-state index in [-0.39, 0.29) is 18.0 Å². The lowest BCUT2D eigenvalue weighted by molar-refractivity contribution is 0.446. The summed E-state index contributed by atoms with van der Waals surface area (Å²) in [6, 6.07) is 11.4. The zero-order valence-corrected chi connectivity index (χ0v) is 15.9. The van der Waals surface area contributed by atoms with Crippen LogP contribution in [0.5, 0.6) is 0 Å². The maximum atomic E-state index is 12.3. The molecule has 144 valence electrons. The lowest BCUT2D eigenvalue weighted by Crippen LogP contribution is -2.28. The van der Waals surface area contributed by atoms with Gasteiger partial charge in [-0.15, -0.1) is 12.4 Å². The number of hydrogen-bond acceptors (Lipinski definition) is 5. The molecule has 0 amide bonds. The fourth-order valence-electron chi connectivity index (χ4n) is 3.72. The van der Waals surface area contributed by atoms with Crippen LogP contribution in [0.3, 0.4) is 0 Å². The number of fused-ring (bicyclic) bond motifs is 1. The van der Waals surface area contributed by atoms with E-state index in [2.05, 4.69) is 20.4 Å². The third kappa shape index (κ3) is 3.23. The van der Waals surface area contributed by atoms with Crippen LogP contribution in [-0.2, 0) is 0 Å². The number of rotatable bonds is 3. The molecule has 1 aliphatic rings. The van der Waals surface area contributed by atoms with Crippen molar-refractivity contribution in [3.8, 4) is 22.7 Å². The van der Waals surface area contributed by atoms with Crippen LogP contribution in [0.1, 0.15) is 24.5 Å². The first-order valence-electron chi connectivity index (χ1n) is 9.12. The minimum absolute atomic E-state index is 0.